The molecule has 0 atom stereocenters. The fraction of sp³-hybridized carbons (Fsp3) is 0.300. The maximum atomic E-state index is 5.58. The van der Waals surface area contributed by atoms with Crippen LogP contribution >= 0.6 is 27.5 Å². The lowest BCUT2D eigenvalue weighted by atomic mass is 10.2. The number of aliphatic imine (C=N–C) groups is 1. The topological polar surface area (TPSA) is 47.6 Å². The van der Waals surface area contributed by atoms with Crippen molar-refractivity contribution in [2.24, 2.45) is 10.7 Å². The summed E-state index contributed by atoms with van der Waals surface area (Å²) in [5.74, 6) is 1.37. The third kappa shape index (κ3) is 3.11. The normalized spacial score (nSPS) is 11.6. The van der Waals surface area contributed by atoms with Gasteiger partial charge in [0.25, 0.3) is 0 Å². The number of benzene rings is 1. The predicted octanol–water partition coefficient (Wildman–Crippen LogP) is 2.99. The molecule has 0 aliphatic heterocycles. The van der Waals surface area contributed by atoms with Crippen molar-refractivity contribution in [3.8, 4) is 5.75 Å². The molecule has 0 aliphatic rings. The highest BCUT2D eigenvalue weighted by Crippen LogP contribution is 2.32. The van der Waals surface area contributed by atoms with Gasteiger partial charge in [0.05, 0.1) is 18.7 Å². The van der Waals surface area contributed by atoms with Gasteiger partial charge in [-0.25, -0.2) is 4.99 Å². The van der Waals surface area contributed by atoms with Gasteiger partial charge in [-0.1, -0.05) is 15.9 Å². The van der Waals surface area contributed by atoms with Gasteiger partial charge in [0.2, 0.25) is 0 Å². The van der Waals surface area contributed by atoms with Gasteiger partial charge in [0.15, 0.2) is 0 Å². The van der Waals surface area contributed by atoms with E-state index in [0.29, 0.717) is 5.84 Å². The van der Waals surface area contributed by atoms with Crippen molar-refractivity contribution in [2.45, 2.75) is 6.92 Å². The highest BCUT2D eigenvalue weighted by molar-refractivity contribution is 9.10. The molecule has 0 bridgehead atoms. The molecule has 1 rings (SSSR count). The molecule has 0 saturated heterocycles. The molecule has 0 spiro atoms. The van der Waals surface area contributed by atoms with Crippen LogP contribution in [0.2, 0.25) is 0 Å². The molecule has 0 fully saturated rings. The van der Waals surface area contributed by atoms with Crippen LogP contribution in [0.1, 0.15) is 5.56 Å². The SMILES string of the molecule is COc1cc(Br)cc(N=C(N)CCl)c1C. The van der Waals surface area contributed by atoms with Gasteiger partial charge in [-0.05, 0) is 19.1 Å². The number of ether oxygens (including phenoxy) is 1. The molecule has 1 aromatic carbocycles. The van der Waals surface area contributed by atoms with Gasteiger partial charge < -0.3 is 10.5 Å². The minimum Gasteiger partial charge on any atom is -0.496 e. The monoisotopic (exact) mass is 290 g/mol. The lowest BCUT2D eigenvalue weighted by Gasteiger charge is -2.08. The van der Waals surface area contributed by atoms with E-state index >= 15 is 0 Å². The largest absolute Gasteiger partial charge is 0.496 e. The maximum absolute atomic E-state index is 5.58. The van der Waals surface area contributed by atoms with Crippen molar-refractivity contribution in [1.29, 1.82) is 0 Å². The molecule has 0 unspecified atom stereocenters. The zero-order valence-electron chi connectivity index (χ0n) is 8.55. The number of nitrogens with two attached hydrogens (primary N) is 1. The van der Waals surface area contributed by atoms with E-state index in [-0.39, 0.29) is 5.88 Å². The highest BCUT2D eigenvalue weighted by Gasteiger charge is 2.06. The first-order valence-corrected chi connectivity index (χ1v) is 5.64. The van der Waals surface area contributed by atoms with Gasteiger partial charge in [-0.3, -0.25) is 0 Å². The van der Waals surface area contributed by atoms with Crippen molar-refractivity contribution in [3.05, 3.63) is 22.2 Å². The van der Waals surface area contributed by atoms with Crippen molar-refractivity contribution in [1.82, 2.24) is 0 Å². The molecule has 0 aromatic heterocycles. The predicted molar refractivity (Wildman–Crippen MR) is 67.4 cm³/mol. The molecule has 0 amide bonds. The molecular formula is C10H12BrClN2O. The second kappa shape index (κ2) is 5.37. The fourth-order valence-electron chi connectivity index (χ4n) is 1.15. The van der Waals surface area contributed by atoms with E-state index in [2.05, 4.69) is 20.9 Å². The Hall–Kier alpha value is -0.740. The van der Waals surface area contributed by atoms with Crippen molar-refractivity contribution in [3.63, 3.8) is 0 Å². The molecule has 1 aromatic rings. The Balaban J connectivity index is 3.23. The summed E-state index contributed by atoms with van der Waals surface area (Å²) in [5.41, 5.74) is 7.28. The summed E-state index contributed by atoms with van der Waals surface area (Å²) in [4.78, 5) is 4.20. The molecule has 0 aliphatic carbocycles. The Morgan fingerprint density at radius 1 is 1.60 bits per heavy atom. The van der Waals surface area contributed by atoms with Crippen LogP contribution in [0.4, 0.5) is 5.69 Å². The number of methoxy groups -OCH3 is 1. The van der Waals surface area contributed by atoms with Gasteiger partial charge in [-0.15, -0.1) is 11.6 Å². The summed E-state index contributed by atoms with van der Waals surface area (Å²) in [5, 5.41) is 0. The lowest BCUT2D eigenvalue weighted by Crippen LogP contribution is -2.12. The van der Waals surface area contributed by atoms with Crippen LogP contribution < -0.4 is 10.5 Å². The van der Waals surface area contributed by atoms with Crippen LogP contribution in [0, 0.1) is 6.92 Å². The summed E-state index contributed by atoms with van der Waals surface area (Å²) < 4.78 is 6.10. The van der Waals surface area contributed by atoms with E-state index in [1.807, 2.05) is 19.1 Å². The standard InChI is InChI=1S/C10H12BrClN2O/c1-6-8(14-10(13)5-12)3-7(11)4-9(6)15-2/h3-4H,5H2,1-2H3,(H2,13,14). The Bertz CT molecular complexity index is 393. The van der Waals surface area contributed by atoms with E-state index in [0.717, 1.165) is 21.5 Å². The molecule has 5 heteroatoms. The number of hydrogen-bond donors (Lipinski definition) is 1. The number of nitrogens with zero attached hydrogens (tertiary/aromatic N) is 1. The molecule has 82 valence electrons. The molecule has 15 heavy (non-hydrogen) atoms. The lowest BCUT2D eigenvalue weighted by molar-refractivity contribution is 0.411. The molecular weight excluding hydrogens is 279 g/mol. The number of halogens is 2. The third-order valence-corrected chi connectivity index (χ3v) is 2.65. The second-order valence-electron chi connectivity index (χ2n) is 2.99. The molecule has 3 nitrogen and oxygen atoms in total. The second-order valence-corrected chi connectivity index (χ2v) is 4.17. The van der Waals surface area contributed by atoms with E-state index in [4.69, 9.17) is 22.1 Å². The maximum Gasteiger partial charge on any atom is 0.125 e. The van der Waals surface area contributed by atoms with Crippen LogP contribution in [0.5, 0.6) is 5.75 Å². The van der Waals surface area contributed by atoms with Gasteiger partial charge in [-0.2, -0.15) is 0 Å². The van der Waals surface area contributed by atoms with Crippen molar-refractivity contribution in [2.75, 3.05) is 13.0 Å². The van der Waals surface area contributed by atoms with E-state index < -0.39 is 0 Å². The van der Waals surface area contributed by atoms with Gasteiger partial charge in [0, 0.05) is 10.0 Å². The van der Waals surface area contributed by atoms with Crippen molar-refractivity contribution < 1.29 is 4.74 Å². The minimum atomic E-state index is 0.217. The first kappa shape index (κ1) is 12.3. The Labute approximate surface area is 102 Å². The first-order valence-electron chi connectivity index (χ1n) is 4.31. The molecule has 0 heterocycles. The Morgan fingerprint density at radius 2 is 2.27 bits per heavy atom. The molecule has 2 N–H and O–H groups in total. The first-order chi connectivity index (χ1) is 7.08. The van der Waals surface area contributed by atoms with E-state index in [1.165, 1.54) is 0 Å². The molecule has 0 saturated carbocycles. The smallest absolute Gasteiger partial charge is 0.125 e. The average molecular weight is 292 g/mol. The Kier molecular flexibility index (Phi) is 4.42. The summed E-state index contributed by atoms with van der Waals surface area (Å²) in [6, 6.07) is 3.75. The average Bonchev–Trinajstić information content (AvgIpc) is 2.22. The fourth-order valence-corrected chi connectivity index (χ4v) is 1.64. The number of hydrogen-bond acceptors (Lipinski definition) is 2. The van der Waals surface area contributed by atoms with Crippen molar-refractivity contribution >= 4 is 39.1 Å². The number of rotatable bonds is 3. The third-order valence-electron chi connectivity index (χ3n) is 1.92. The zero-order valence-corrected chi connectivity index (χ0v) is 10.9. The quantitative estimate of drug-likeness (QED) is 0.529. The summed E-state index contributed by atoms with van der Waals surface area (Å²) in [6.07, 6.45) is 0. The number of alkyl halides is 1. The van der Waals surface area contributed by atoms with E-state index in [1.54, 1.807) is 7.11 Å². The zero-order chi connectivity index (χ0) is 11.4. The summed E-state index contributed by atoms with van der Waals surface area (Å²) >= 11 is 8.95. The van der Waals surface area contributed by atoms with Gasteiger partial charge in [0.1, 0.15) is 11.6 Å². The van der Waals surface area contributed by atoms with Crippen LogP contribution in [-0.2, 0) is 0 Å². The highest BCUT2D eigenvalue weighted by atomic mass is 79.9. The van der Waals surface area contributed by atoms with Crippen LogP contribution in [0.15, 0.2) is 21.6 Å². The summed E-state index contributed by atoms with van der Waals surface area (Å²) in [6.45, 7) is 1.92. The molecule has 0 radical (unpaired) electrons. The van der Waals surface area contributed by atoms with Crippen LogP contribution in [-0.4, -0.2) is 18.8 Å². The minimum absolute atomic E-state index is 0.217. The van der Waals surface area contributed by atoms with Crippen LogP contribution in [0.25, 0.3) is 0 Å². The number of amidine groups is 1. The Morgan fingerprint density at radius 3 is 2.80 bits per heavy atom. The van der Waals surface area contributed by atoms with E-state index in [9.17, 15) is 0 Å². The van der Waals surface area contributed by atoms with Crippen LogP contribution in [0.3, 0.4) is 0 Å². The summed E-state index contributed by atoms with van der Waals surface area (Å²) in [7, 11) is 1.62. The van der Waals surface area contributed by atoms with Gasteiger partial charge >= 0.3 is 0 Å².